The molecule has 0 aromatic heterocycles. The molecule has 0 heterocycles. The van der Waals surface area contributed by atoms with Crippen LogP contribution in [0.4, 0.5) is 0 Å². The van der Waals surface area contributed by atoms with Crippen LogP contribution in [0.1, 0.15) is 52.9 Å². The summed E-state index contributed by atoms with van der Waals surface area (Å²) in [5.41, 5.74) is 11.0. The SMILES string of the molecule is CC(N)C(=O)NC(C(=O)NC(CCCCN)C(=O)NC(CCC(=O)O)C(=O)O)C(C)C. The summed E-state index contributed by atoms with van der Waals surface area (Å²) < 4.78 is 0. The van der Waals surface area contributed by atoms with Crippen molar-refractivity contribution in [1.82, 2.24) is 16.0 Å². The first-order valence-corrected chi connectivity index (χ1v) is 10.2. The number of carboxylic acid groups (broad SMARTS) is 2. The molecule has 0 saturated heterocycles. The Hall–Kier alpha value is -2.73. The van der Waals surface area contributed by atoms with E-state index >= 15 is 0 Å². The van der Waals surface area contributed by atoms with E-state index in [2.05, 4.69) is 16.0 Å². The predicted molar refractivity (Wildman–Crippen MR) is 112 cm³/mol. The van der Waals surface area contributed by atoms with E-state index in [9.17, 15) is 29.1 Å². The van der Waals surface area contributed by atoms with Gasteiger partial charge in [-0.1, -0.05) is 13.8 Å². The molecule has 0 fully saturated rings. The fourth-order valence-electron chi connectivity index (χ4n) is 2.64. The maximum atomic E-state index is 12.8. The molecular weight excluding hydrogens is 410 g/mol. The normalized spacial score (nSPS) is 14.8. The first kappa shape index (κ1) is 28.3. The first-order chi connectivity index (χ1) is 14.4. The molecule has 0 aliphatic heterocycles. The predicted octanol–water partition coefficient (Wildman–Crippen LogP) is -1.48. The van der Waals surface area contributed by atoms with Crippen LogP contribution in [0, 0.1) is 5.92 Å². The van der Waals surface area contributed by atoms with Gasteiger partial charge in [0.25, 0.3) is 0 Å². The van der Waals surface area contributed by atoms with Gasteiger partial charge < -0.3 is 37.6 Å². The number of carboxylic acids is 2. The number of nitrogens with two attached hydrogens (primary N) is 2. The first-order valence-electron chi connectivity index (χ1n) is 10.2. The molecule has 0 aliphatic carbocycles. The zero-order valence-corrected chi connectivity index (χ0v) is 18.2. The van der Waals surface area contributed by atoms with Crippen LogP contribution in [0.25, 0.3) is 0 Å². The summed E-state index contributed by atoms with van der Waals surface area (Å²) in [6, 6.07) is -4.29. The average Bonchev–Trinajstić information content (AvgIpc) is 2.67. The van der Waals surface area contributed by atoms with Crippen LogP contribution in [-0.4, -0.2) is 70.6 Å². The van der Waals surface area contributed by atoms with Gasteiger partial charge in [0, 0.05) is 6.42 Å². The van der Waals surface area contributed by atoms with Crippen LogP contribution in [0.3, 0.4) is 0 Å². The van der Waals surface area contributed by atoms with Gasteiger partial charge in [-0.25, -0.2) is 4.79 Å². The molecule has 12 heteroatoms. The van der Waals surface area contributed by atoms with Crippen molar-refractivity contribution < 1.29 is 34.2 Å². The molecule has 3 amide bonds. The van der Waals surface area contributed by atoms with E-state index in [1.54, 1.807) is 13.8 Å². The largest absolute Gasteiger partial charge is 0.481 e. The molecule has 178 valence electrons. The summed E-state index contributed by atoms with van der Waals surface area (Å²) in [7, 11) is 0. The number of carbonyl (C=O) groups excluding carboxylic acids is 3. The monoisotopic (exact) mass is 445 g/mol. The second-order valence-corrected chi connectivity index (χ2v) is 7.70. The highest BCUT2D eigenvalue weighted by Crippen LogP contribution is 2.07. The lowest BCUT2D eigenvalue weighted by molar-refractivity contribution is -0.143. The third-order valence-corrected chi connectivity index (χ3v) is 4.50. The Morgan fingerprint density at radius 3 is 1.84 bits per heavy atom. The number of hydrogen-bond donors (Lipinski definition) is 7. The third-order valence-electron chi connectivity index (χ3n) is 4.50. The zero-order chi connectivity index (χ0) is 24.1. The molecule has 31 heavy (non-hydrogen) atoms. The lowest BCUT2D eigenvalue weighted by Gasteiger charge is -2.26. The van der Waals surface area contributed by atoms with Gasteiger partial charge in [0.1, 0.15) is 18.1 Å². The van der Waals surface area contributed by atoms with Crippen molar-refractivity contribution in [2.24, 2.45) is 17.4 Å². The Balaban J connectivity index is 5.38. The van der Waals surface area contributed by atoms with Gasteiger partial charge in [0.05, 0.1) is 6.04 Å². The fourth-order valence-corrected chi connectivity index (χ4v) is 2.64. The van der Waals surface area contributed by atoms with Gasteiger partial charge in [0.15, 0.2) is 0 Å². The van der Waals surface area contributed by atoms with E-state index in [4.69, 9.17) is 16.6 Å². The number of rotatable bonds is 15. The molecule has 0 bridgehead atoms. The van der Waals surface area contributed by atoms with Crippen molar-refractivity contribution in [3.63, 3.8) is 0 Å². The van der Waals surface area contributed by atoms with E-state index in [1.165, 1.54) is 6.92 Å². The number of aliphatic carboxylic acids is 2. The Labute approximate surface area is 181 Å². The van der Waals surface area contributed by atoms with Gasteiger partial charge in [-0.2, -0.15) is 0 Å². The summed E-state index contributed by atoms with van der Waals surface area (Å²) >= 11 is 0. The van der Waals surface area contributed by atoms with Crippen LogP contribution in [-0.2, 0) is 24.0 Å². The van der Waals surface area contributed by atoms with Crippen LogP contribution in [0.5, 0.6) is 0 Å². The van der Waals surface area contributed by atoms with Crippen molar-refractivity contribution in [3.05, 3.63) is 0 Å². The van der Waals surface area contributed by atoms with Gasteiger partial charge >= 0.3 is 11.9 Å². The average molecular weight is 446 g/mol. The second kappa shape index (κ2) is 14.3. The van der Waals surface area contributed by atoms with Gasteiger partial charge in [-0.05, 0) is 45.1 Å². The lowest BCUT2D eigenvalue weighted by atomic mass is 10.0. The Bertz CT molecular complexity index is 639. The van der Waals surface area contributed by atoms with Gasteiger partial charge in [-0.3, -0.25) is 19.2 Å². The topological polar surface area (TPSA) is 214 Å². The molecule has 0 aromatic rings. The summed E-state index contributed by atoms with van der Waals surface area (Å²) in [4.78, 5) is 59.4. The Morgan fingerprint density at radius 1 is 0.806 bits per heavy atom. The fraction of sp³-hybridized carbons (Fsp3) is 0.737. The summed E-state index contributed by atoms with van der Waals surface area (Å²) in [6.07, 6.45) is 0.502. The minimum atomic E-state index is -1.42. The minimum absolute atomic E-state index is 0.187. The van der Waals surface area contributed by atoms with E-state index in [0.717, 1.165) is 0 Å². The third kappa shape index (κ3) is 11.3. The zero-order valence-electron chi connectivity index (χ0n) is 18.2. The van der Waals surface area contributed by atoms with Crippen molar-refractivity contribution in [2.75, 3.05) is 6.54 Å². The highest BCUT2D eigenvalue weighted by atomic mass is 16.4. The maximum absolute atomic E-state index is 12.8. The molecule has 0 aliphatic rings. The van der Waals surface area contributed by atoms with Crippen molar-refractivity contribution in [1.29, 1.82) is 0 Å². The number of hydrogen-bond acceptors (Lipinski definition) is 7. The van der Waals surface area contributed by atoms with Gasteiger partial charge in [0.2, 0.25) is 17.7 Å². The lowest BCUT2D eigenvalue weighted by Crippen LogP contribution is -2.58. The van der Waals surface area contributed by atoms with E-state index in [1.807, 2.05) is 0 Å². The van der Waals surface area contributed by atoms with Crippen molar-refractivity contribution in [3.8, 4) is 0 Å². The van der Waals surface area contributed by atoms with E-state index < -0.39 is 60.2 Å². The van der Waals surface area contributed by atoms with Crippen LogP contribution in [0.15, 0.2) is 0 Å². The number of carbonyl (C=O) groups is 5. The quantitative estimate of drug-likeness (QED) is 0.146. The highest BCUT2D eigenvalue weighted by molar-refractivity contribution is 5.94. The molecular formula is C19H35N5O7. The molecule has 0 radical (unpaired) electrons. The maximum Gasteiger partial charge on any atom is 0.326 e. The number of amides is 3. The summed E-state index contributed by atoms with van der Waals surface area (Å²) in [6.45, 7) is 5.26. The molecule has 0 saturated carbocycles. The summed E-state index contributed by atoms with van der Waals surface area (Å²) in [5, 5.41) is 25.4. The molecule has 0 aromatic carbocycles. The number of nitrogens with one attached hydrogen (secondary N) is 3. The van der Waals surface area contributed by atoms with Crippen molar-refractivity contribution >= 4 is 29.7 Å². The molecule has 9 N–H and O–H groups in total. The van der Waals surface area contributed by atoms with E-state index in [-0.39, 0.29) is 18.8 Å². The smallest absolute Gasteiger partial charge is 0.326 e. The molecule has 12 nitrogen and oxygen atoms in total. The van der Waals surface area contributed by atoms with E-state index in [0.29, 0.717) is 19.4 Å². The van der Waals surface area contributed by atoms with Crippen LogP contribution < -0.4 is 27.4 Å². The Morgan fingerprint density at radius 2 is 1.39 bits per heavy atom. The molecule has 0 rings (SSSR count). The van der Waals surface area contributed by atoms with Crippen molar-refractivity contribution in [2.45, 2.75) is 77.0 Å². The van der Waals surface area contributed by atoms with Crippen LogP contribution >= 0.6 is 0 Å². The molecule has 0 spiro atoms. The Kier molecular flexibility index (Phi) is 13.0. The second-order valence-electron chi connectivity index (χ2n) is 7.70. The molecule has 4 unspecified atom stereocenters. The number of unbranched alkanes of at least 4 members (excludes halogenated alkanes) is 1. The van der Waals surface area contributed by atoms with Gasteiger partial charge in [-0.15, -0.1) is 0 Å². The standard InChI is InChI=1S/C19H35N5O7/c1-10(2)15(24-16(27)11(3)21)18(29)22-12(6-4-5-9-20)17(28)23-13(19(30)31)7-8-14(25)26/h10-13,15H,4-9,20-21H2,1-3H3,(H,22,29)(H,23,28)(H,24,27)(H,25,26)(H,30,31). The van der Waals surface area contributed by atoms with Crippen LogP contribution in [0.2, 0.25) is 0 Å². The minimum Gasteiger partial charge on any atom is -0.481 e. The summed E-state index contributed by atoms with van der Waals surface area (Å²) in [5.74, 6) is -4.79. The molecule has 4 atom stereocenters. The highest BCUT2D eigenvalue weighted by Gasteiger charge is 2.31.